The third kappa shape index (κ3) is 4.33. The van der Waals surface area contributed by atoms with Gasteiger partial charge in [0.1, 0.15) is 17.0 Å². The Balaban J connectivity index is 1.37. The van der Waals surface area contributed by atoms with Crippen LogP contribution in [0.3, 0.4) is 0 Å². The van der Waals surface area contributed by atoms with Gasteiger partial charge in [0.15, 0.2) is 11.6 Å². The first-order valence-corrected chi connectivity index (χ1v) is 13.5. The number of carbonyl (C=O) groups is 1. The molecule has 4 aromatic rings. The van der Waals surface area contributed by atoms with Crippen molar-refractivity contribution in [3.63, 3.8) is 0 Å². The molecule has 0 radical (unpaired) electrons. The normalized spacial score (nSPS) is 20.1. The first-order chi connectivity index (χ1) is 17.1. The van der Waals surface area contributed by atoms with E-state index in [2.05, 4.69) is 46.7 Å². The maximum Gasteiger partial charge on any atom is 0.261 e. The highest BCUT2D eigenvalue weighted by atomic mass is 79.9. The van der Waals surface area contributed by atoms with Crippen molar-refractivity contribution in [2.75, 3.05) is 18.0 Å². The molecule has 4 aromatic heterocycles. The molecule has 10 heteroatoms. The van der Waals surface area contributed by atoms with Gasteiger partial charge in [-0.1, -0.05) is 0 Å². The molecule has 2 atom stereocenters. The molecular formula is C25H24BrFN6OS. The largest absolute Gasteiger partial charge is 0.356 e. The molecule has 1 aliphatic carbocycles. The molecule has 1 saturated heterocycles. The molecule has 0 unspecified atom stereocenters. The van der Waals surface area contributed by atoms with E-state index in [0.717, 1.165) is 65.8 Å². The van der Waals surface area contributed by atoms with Crippen molar-refractivity contribution in [3.8, 4) is 11.5 Å². The number of aromatic nitrogens is 4. The molecule has 2 aliphatic rings. The number of imidazole rings is 1. The molecule has 1 aliphatic heterocycles. The minimum atomic E-state index is -0.399. The Bertz CT molecular complexity index is 1400. The molecule has 6 rings (SSSR count). The third-order valence-corrected chi connectivity index (χ3v) is 8.48. The molecule has 1 saturated carbocycles. The topological polar surface area (TPSA) is 75.9 Å². The lowest BCUT2D eigenvalue weighted by Crippen LogP contribution is -2.39. The highest BCUT2D eigenvalue weighted by Gasteiger charge is 2.30. The Morgan fingerprint density at radius 1 is 1.17 bits per heavy atom. The average Bonchev–Trinajstić information content (AvgIpc) is 3.42. The van der Waals surface area contributed by atoms with Crippen LogP contribution >= 0.6 is 27.3 Å². The predicted molar refractivity (Wildman–Crippen MR) is 138 cm³/mol. The standard InChI is InChI=1S/C25H24BrFN6OS/c26-21-8-7-20(35-21)25(34)30-15-4-1-5-16(12-15)33-19-13-22(32-10-3-11-32)29-14-18(19)31-24(33)23-17(27)6-2-9-28-23/h2,6-9,13-16H,1,3-5,10-12H2,(H,30,34)/t15-,16+/m0/s1. The zero-order valence-corrected chi connectivity index (χ0v) is 21.4. The molecule has 2 fully saturated rings. The van der Waals surface area contributed by atoms with Gasteiger partial charge >= 0.3 is 0 Å². The fourth-order valence-electron chi connectivity index (χ4n) is 5.02. The van der Waals surface area contributed by atoms with E-state index in [1.54, 1.807) is 18.5 Å². The predicted octanol–water partition coefficient (Wildman–Crippen LogP) is 5.58. The summed E-state index contributed by atoms with van der Waals surface area (Å²) >= 11 is 4.85. The lowest BCUT2D eigenvalue weighted by molar-refractivity contribution is 0.0925. The van der Waals surface area contributed by atoms with Crippen LogP contribution in [0.1, 0.15) is 47.8 Å². The molecule has 0 aromatic carbocycles. The van der Waals surface area contributed by atoms with Crippen LogP contribution in [0, 0.1) is 5.82 Å². The number of hydrogen-bond acceptors (Lipinski definition) is 6. The summed E-state index contributed by atoms with van der Waals surface area (Å²) < 4.78 is 17.9. The third-order valence-electron chi connectivity index (χ3n) is 6.86. The SMILES string of the molecule is O=C(N[C@H]1CCC[C@@H](n2c(-c3ncccc3F)nc3cnc(N4CCC4)cc32)C1)c1ccc(Br)s1. The number of rotatable bonds is 5. The van der Waals surface area contributed by atoms with Crippen molar-refractivity contribution in [1.29, 1.82) is 0 Å². The van der Waals surface area contributed by atoms with E-state index in [0.29, 0.717) is 10.7 Å². The maximum absolute atomic E-state index is 14.9. The van der Waals surface area contributed by atoms with Crippen LogP contribution in [0.25, 0.3) is 22.6 Å². The zero-order chi connectivity index (χ0) is 23.9. The maximum atomic E-state index is 14.9. The number of fused-ring (bicyclic) bond motifs is 1. The number of anilines is 1. The summed E-state index contributed by atoms with van der Waals surface area (Å²) in [6.45, 7) is 1.98. The number of halogens is 2. The number of hydrogen-bond donors (Lipinski definition) is 1. The van der Waals surface area contributed by atoms with Gasteiger partial charge in [0.2, 0.25) is 0 Å². The number of carbonyl (C=O) groups excluding carboxylic acids is 1. The number of thiophene rings is 1. The van der Waals surface area contributed by atoms with E-state index in [9.17, 15) is 9.18 Å². The first kappa shape index (κ1) is 22.6. The molecule has 5 heterocycles. The van der Waals surface area contributed by atoms with Gasteiger partial charge in [-0.15, -0.1) is 11.3 Å². The zero-order valence-electron chi connectivity index (χ0n) is 19.0. The number of pyridine rings is 2. The quantitative estimate of drug-likeness (QED) is 0.348. The van der Waals surface area contributed by atoms with Crippen molar-refractivity contribution >= 4 is 50.0 Å². The number of nitrogens with zero attached hydrogens (tertiary/aromatic N) is 5. The van der Waals surface area contributed by atoms with E-state index in [4.69, 9.17) is 4.98 Å². The van der Waals surface area contributed by atoms with Gasteiger partial charge in [-0.25, -0.2) is 19.3 Å². The Hall–Kier alpha value is -2.85. The van der Waals surface area contributed by atoms with Crippen LogP contribution in [0.2, 0.25) is 0 Å². The molecule has 35 heavy (non-hydrogen) atoms. The van der Waals surface area contributed by atoms with Crippen molar-refractivity contribution in [1.82, 2.24) is 24.8 Å². The van der Waals surface area contributed by atoms with Crippen molar-refractivity contribution in [2.24, 2.45) is 0 Å². The van der Waals surface area contributed by atoms with E-state index < -0.39 is 5.82 Å². The van der Waals surface area contributed by atoms with Gasteiger partial charge in [-0.05, 0) is 72.3 Å². The van der Waals surface area contributed by atoms with Gasteiger partial charge in [0, 0.05) is 37.4 Å². The first-order valence-electron chi connectivity index (χ1n) is 11.9. The average molecular weight is 555 g/mol. The van der Waals surface area contributed by atoms with E-state index >= 15 is 0 Å². The molecular weight excluding hydrogens is 531 g/mol. The molecule has 0 bridgehead atoms. The Kier molecular flexibility index (Phi) is 6.01. The highest BCUT2D eigenvalue weighted by Crippen LogP contribution is 2.37. The van der Waals surface area contributed by atoms with Crippen LogP contribution in [0.15, 0.2) is 46.5 Å². The minimum Gasteiger partial charge on any atom is -0.356 e. The second-order valence-electron chi connectivity index (χ2n) is 9.11. The van der Waals surface area contributed by atoms with Gasteiger partial charge in [-0.3, -0.25) is 4.79 Å². The monoisotopic (exact) mass is 554 g/mol. The minimum absolute atomic E-state index is 0.0256. The summed E-state index contributed by atoms with van der Waals surface area (Å²) in [5.41, 5.74) is 1.90. The van der Waals surface area contributed by atoms with E-state index in [-0.39, 0.29) is 23.7 Å². The summed E-state index contributed by atoms with van der Waals surface area (Å²) in [5, 5.41) is 3.21. The second kappa shape index (κ2) is 9.31. The number of nitrogens with one attached hydrogen (secondary N) is 1. The molecule has 0 spiro atoms. The molecule has 1 N–H and O–H groups in total. The smallest absolute Gasteiger partial charge is 0.261 e. The van der Waals surface area contributed by atoms with Gasteiger partial charge in [-0.2, -0.15) is 0 Å². The van der Waals surface area contributed by atoms with Gasteiger partial charge in [0.25, 0.3) is 5.91 Å². The van der Waals surface area contributed by atoms with E-state index in [1.807, 2.05) is 12.1 Å². The van der Waals surface area contributed by atoms with Gasteiger partial charge < -0.3 is 14.8 Å². The van der Waals surface area contributed by atoms with Gasteiger partial charge in [0.05, 0.1) is 20.4 Å². The Morgan fingerprint density at radius 2 is 2.06 bits per heavy atom. The van der Waals surface area contributed by atoms with Crippen LogP contribution in [0.5, 0.6) is 0 Å². The summed E-state index contributed by atoms with van der Waals surface area (Å²) in [6, 6.07) is 8.87. The number of amides is 1. The summed E-state index contributed by atoms with van der Waals surface area (Å²) in [4.78, 5) is 29.5. The van der Waals surface area contributed by atoms with Crippen molar-refractivity contribution < 1.29 is 9.18 Å². The van der Waals surface area contributed by atoms with Crippen LogP contribution < -0.4 is 10.2 Å². The highest BCUT2D eigenvalue weighted by molar-refractivity contribution is 9.11. The molecule has 180 valence electrons. The Labute approximate surface area is 214 Å². The lowest BCUT2D eigenvalue weighted by atomic mass is 9.90. The van der Waals surface area contributed by atoms with Crippen LogP contribution in [0.4, 0.5) is 10.2 Å². The molecule has 7 nitrogen and oxygen atoms in total. The summed E-state index contributed by atoms with van der Waals surface area (Å²) in [5.74, 6) is 0.979. The molecule has 1 amide bonds. The van der Waals surface area contributed by atoms with Crippen LogP contribution in [-0.2, 0) is 0 Å². The lowest BCUT2D eigenvalue weighted by Gasteiger charge is -2.33. The fraction of sp³-hybridized carbons (Fsp3) is 0.360. The van der Waals surface area contributed by atoms with E-state index in [1.165, 1.54) is 17.4 Å². The second-order valence-corrected chi connectivity index (χ2v) is 11.6. The fourth-order valence-corrected chi connectivity index (χ4v) is 6.30. The summed E-state index contributed by atoms with van der Waals surface area (Å²) in [7, 11) is 0. The summed E-state index contributed by atoms with van der Waals surface area (Å²) in [6.07, 6.45) is 8.06. The van der Waals surface area contributed by atoms with Crippen LogP contribution in [-0.4, -0.2) is 44.6 Å². The Morgan fingerprint density at radius 3 is 2.80 bits per heavy atom. The van der Waals surface area contributed by atoms with Crippen molar-refractivity contribution in [3.05, 3.63) is 57.2 Å². The van der Waals surface area contributed by atoms with Crippen molar-refractivity contribution in [2.45, 2.75) is 44.2 Å².